The lowest BCUT2D eigenvalue weighted by atomic mass is 9.95. The highest BCUT2D eigenvalue weighted by Crippen LogP contribution is 2.33. The van der Waals surface area contributed by atoms with Crippen LogP contribution in [0.25, 0.3) is 0 Å². The zero-order valence-electron chi connectivity index (χ0n) is 15.2. The summed E-state index contributed by atoms with van der Waals surface area (Å²) in [5, 5.41) is 5.07. The van der Waals surface area contributed by atoms with Crippen LogP contribution in [0, 0.1) is 3.57 Å². The monoisotopic (exact) mass is 540 g/mol. The van der Waals surface area contributed by atoms with Gasteiger partial charge in [-0.25, -0.2) is 9.37 Å². The van der Waals surface area contributed by atoms with Crippen molar-refractivity contribution >= 4 is 50.0 Å². The minimum atomic E-state index is -4.07. The fourth-order valence-corrected chi connectivity index (χ4v) is 4.78. The largest absolute Gasteiger partial charge is 0.445 e. The molecule has 1 aliphatic rings. The number of alkyl halides is 1. The predicted octanol–water partition coefficient (Wildman–Crippen LogP) is 2.82. The van der Waals surface area contributed by atoms with Crippen molar-refractivity contribution in [3.05, 3.63) is 76.0 Å². The van der Waals surface area contributed by atoms with E-state index in [1.54, 1.807) is 24.3 Å². The number of fused-ring (bicyclic) bond motifs is 1. The number of anilines is 1. The van der Waals surface area contributed by atoms with Gasteiger partial charge in [-0.15, -0.1) is 4.40 Å². The number of nitrogens with one attached hydrogen (secondary N) is 2. The summed E-state index contributed by atoms with van der Waals surface area (Å²) in [6.07, 6.45) is 2.53. The van der Waals surface area contributed by atoms with E-state index in [-0.39, 0.29) is 22.0 Å². The van der Waals surface area contributed by atoms with Gasteiger partial charge in [0.25, 0.3) is 15.9 Å². The van der Waals surface area contributed by atoms with Crippen molar-refractivity contribution in [3.63, 3.8) is 0 Å². The van der Waals surface area contributed by atoms with E-state index in [0.717, 1.165) is 0 Å². The summed E-state index contributed by atoms with van der Waals surface area (Å²) in [6, 6.07) is 12.8. The Hall–Kier alpha value is -2.80. The van der Waals surface area contributed by atoms with E-state index >= 15 is 4.39 Å². The topological polar surface area (TPSA) is 114 Å². The van der Waals surface area contributed by atoms with Gasteiger partial charge in [0.1, 0.15) is 11.2 Å². The molecule has 8 nitrogen and oxygen atoms in total. The summed E-state index contributed by atoms with van der Waals surface area (Å²) < 4.78 is 50.2. The van der Waals surface area contributed by atoms with Crippen LogP contribution in [0.4, 0.5) is 10.1 Å². The number of sulfonamides is 1. The lowest BCUT2D eigenvalue weighted by Crippen LogP contribution is -2.44. The molecule has 0 saturated heterocycles. The van der Waals surface area contributed by atoms with E-state index < -0.39 is 34.0 Å². The third kappa shape index (κ3) is 3.81. The fourth-order valence-electron chi connectivity index (χ4n) is 2.94. The Labute approximate surface area is 184 Å². The molecule has 1 unspecified atom stereocenters. The van der Waals surface area contributed by atoms with Gasteiger partial charge in [-0.2, -0.15) is 8.42 Å². The molecule has 2 aromatic carbocycles. The average molecular weight is 540 g/mol. The fraction of sp³-hybridized carbons (Fsp3) is 0.105. The van der Waals surface area contributed by atoms with Crippen molar-refractivity contribution in [3.8, 4) is 0 Å². The second-order valence-corrected chi connectivity index (χ2v) is 9.19. The number of amidine groups is 1. The molecule has 30 heavy (non-hydrogen) atoms. The number of oxazole rings is 1. The smallest absolute Gasteiger partial charge is 0.288 e. The molecule has 0 saturated carbocycles. The Morgan fingerprint density at radius 3 is 2.70 bits per heavy atom. The standard InChI is InChI=1S/C19H14FIN4O4S/c20-19(18-22-8-9-29-18,12-4-2-1-3-5-12)11-23-17(26)16-24-14-7-6-13(21)10-15(14)30(27,28)25-16/h1-10H,11H2,(H,23,26)(H,24,25). The van der Waals surface area contributed by atoms with Gasteiger partial charge in [-0.05, 0) is 40.8 Å². The van der Waals surface area contributed by atoms with Crippen LogP contribution in [-0.4, -0.2) is 31.7 Å². The van der Waals surface area contributed by atoms with Crippen molar-refractivity contribution in [2.75, 3.05) is 11.9 Å². The van der Waals surface area contributed by atoms with Crippen molar-refractivity contribution in [1.82, 2.24) is 10.3 Å². The molecule has 2 heterocycles. The summed E-state index contributed by atoms with van der Waals surface area (Å²) in [6.45, 7) is -0.545. The van der Waals surface area contributed by atoms with Crippen molar-refractivity contribution in [2.24, 2.45) is 4.40 Å². The van der Waals surface area contributed by atoms with Gasteiger partial charge < -0.3 is 15.1 Å². The summed E-state index contributed by atoms with van der Waals surface area (Å²) in [5.74, 6) is -1.57. The molecule has 1 atom stereocenters. The summed E-state index contributed by atoms with van der Waals surface area (Å²) >= 11 is 1.98. The molecule has 0 bridgehead atoms. The highest BCUT2D eigenvalue weighted by Gasteiger charge is 2.40. The predicted molar refractivity (Wildman–Crippen MR) is 115 cm³/mol. The maximum absolute atomic E-state index is 15.9. The Bertz CT molecular complexity index is 1230. The maximum atomic E-state index is 15.9. The Kier molecular flexibility index (Phi) is 5.32. The number of benzene rings is 2. The van der Waals surface area contributed by atoms with E-state index in [1.165, 1.54) is 36.7 Å². The van der Waals surface area contributed by atoms with E-state index in [4.69, 9.17) is 4.42 Å². The molecule has 3 aromatic rings. The quantitative estimate of drug-likeness (QED) is 0.482. The van der Waals surface area contributed by atoms with E-state index in [9.17, 15) is 13.2 Å². The van der Waals surface area contributed by atoms with E-state index in [2.05, 4.69) is 20.0 Å². The number of nitrogens with zero attached hydrogens (tertiary/aromatic N) is 2. The lowest BCUT2D eigenvalue weighted by Gasteiger charge is -2.24. The normalized spacial score (nSPS) is 16.5. The molecular formula is C19H14FIN4O4S. The Morgan fingerprint density at radius 2 is 2.00 bits per heavy atom. The zero-order valence-corrected chi connectivity index (χ0v) is 18.1. The summed E-state index contributed by atoms with van der Waals surface area (Å²) in [7, 11) is -4.07. The van der Waals surface area contributed by atoms with Crippen molar-refractivity contribution in [2.45, 2.75) is 10.6 Å². The number of rotatable bonds is 5. The third-order valence-electron chi connectivity index (χ3n) is 4.40. The van der Waals surface area contributed by atoms with Gasteiger partial charge in [0.15, 0.2) is 0 Å². The van der Waals surface area contributed by atoms with Gasteiger partial charge in [0, 0.05) is 9.13 Å². The van der Waals surface area contributed by atoms with Crippen LogP contribution in [0.1, 0.15) is 11.5 Å². The number of amides is 1. The van der Waals surface area contributed by atoms with Gasteiger partial charge in [-0.1, -0.05) is 30.3 Å². The van der Waals surface area contributed by atoms with Crippen LogP contribution in [-0.2, 0) is 20.5 Å². The highest BCUT2D eigenvalue weighted by molar-refractivity contribution is 14.1. The first kappa shape index (κ1) is 20.5. The molecule has 2 N–H and O–H groups in total. The first-order valence-corrected chi connectivity index (χ1v) is 11.2. The molecule has 1 aromatic heterocycles. The third-order valence-corrected chi connectivity index (χ3v) is 6.38. The second kappa shape index (κ2) is 7.80. The molecule has 11 heteroatoms. The van der Waals surface area contributed by atoms with Crippen LogP contribution in [0.15, 0.2) is 74.7 Å². The van der Waals surface area contributed by atoms with Gasteiger partial charge in [-0.3, -0.25) is 4.79 Å². The molecule has 1 aliphatic heterocycles. The molecule has 0 fully saturated rings. The Balaban J connectivity index is 1.60. The van der Waals surface area contributed by atoms with Crippen molar-refractivity contribution in [1.29, 1.82) is 0 Å². The van der Waals surface area contributed by atoms with Crippen LogP contribution in [0.5, 0.6) is 0 Å². The highest BCUT2D eigenvalue weighted by atomic mass is 127. The van der Waals surface area contributed by atoms with Gasteiger partial charge in [0.05, 0.1) is 18.4 Å². The van der Waals surface area contributed by atoms with E-state index in [0.29, 0.717) is 3.57 Å². The number of carbonyl (C=O) groups is 1. The molecular weight excluding hydrogens is 526 g/mol. The summed E-state index contributed by atoms with van der Waals surface area (Å²) in [5.41, 5.74) is -1.82. The summed E-state index contributed by atoms with van der Waals surface area (Å²) in [4.78, 5) is 16.5. The van der Waals surface area contributed by atoms with Crippen molar-refractivity contribution < 1.29 is 22.0 Å². The average Bonchev–Trinajstić information content (AvgIpc) is 3.28. The molecule has 0 spiro atoms. The zero-order chi connectivity index (χ0) is 21.4. The first-order valence-electron chi connectivity index (χ1n) is 8.64. The number of aromatic nitrogens is 1. The molecule has 0 radical (unpaired) electrons. The molecule has 0 aliphatic carbocycles. The van der Waals surface area contributed by atoms with Crippen LogP contribution in [0.3, 0.4) is 0 Å². The van der Waals surface area contributed by atoms with Crippen LogP contribution >= 0.6 is 22.6 Å². The number of halogens is 2. The minimum Gasteiger partial charge on any atom is -0.445 e. The van der Waals surface area contributed by atoms with E-state index in [1.807, 2.05) is 22.6 Å². The van der Waals surface area contributed by atoms with Crippen LogP contribution in [0.2, 0.25) is 0 Å². The second-order valence-electron chi connectivity index (χ2n) is 6.37. The van der Waals surface area contributed by atoms with Gasteiger partial charge in [0.2, 0.25) is 17.4 Å². The lowest BCUT2D eigenvalue weighted by molar-refractivity contribution is -0.115. The van der Waals surface area contributed by atoms with Gasteiger partial charge >= 0.3 is 0 Å². The molecule has 4 rings (SSSR count). The first-order chi connectivity index (χ1) is 14.3. The molecule has 1 amide bonds. The number of carbonyl (C=O) groups excluding carboxylic acids is 1. The SMILES string of the molecule is O=C(NCC(F)(c1ccccc1)c1ncco1)C1=NS(=O)(=O)c2cc(I)ccc2N1. The van der Waals surface area contributed by atoms with Crippen LogP contribution < -0.4 is 10.6 Å². The maximum Gasteiger partial charge on any atom is 0.288 e. The number of hydrogen-bond acceptors (Lipinski definition) is 6. The Morgan fingerprint density at radius 1 is 1.23 bits per heavy atom. The minimum absolute atomic E-state index is 0.0325. The molecule has 154 valence electrons. The number of hydrogen-bond donors (Lipinski definition) is 2.